The van der Waals surface area contributed by atoms with Crippen molar-refractivity contribution in [2.75, 3.05) is 5.75 Å². The van der Waals surface area contributed by atoms with Gasteiger partial charge >= 0.3 is 5.97 Å². The van der Waals surface area contributed by atoms with Crippen LogP contribution in [-0.4, -0.2) is 39.1 Å². The smallest absolute Gasteiger partial charge is 0.327 e. The van der Waals surface area contributed by atoms with Gasteiger partial charge in [0.1, 0.15) is 6.04 Å². The highest BCUT2D eigenvalue weighted by Crippen LogP contribution is 2.70. The van der Waals surface area contributed by atoms with Gasteiger partial charge in [-0.05, 0) is 48.9 Å². The zero-order chi connectivity index (χ0) is 14.9. The number of thioether (sulfide) groups is 1. The third kappa shape index (κ3) is 1.89. The van der Waals surface area contributed by atoms with Crippen LogP contribution in [0.4, 0.5) is 0 Å². The molecule has 0 aromatic carbocycles. The van der Waals surface area contributed by atoms with E-state index < -0.39 is 12.0 Å². The average Bonchev–Trinajstić information content (AvgIpc) is 2.83. The van der Waals surface area contributed by atoms with Gasteiger partial charge in [-0.25, -0.2) is 4.79 Å². The molecule has 6 atom stereocenters. The molecular weight excluding hydrogens is 286 g/mol. The van der Waals surface area contributed by atoms with E-state index >= 15 is 0 Å². The van der Waals surface area contributed by atoms with Crippen molar-refractivity contribution in [3.63, 3.8) is 0 Å². The van der Waals surface area contributed by atoms with Crippen LogP contribution in [0.3, 0.4) is 0 Å². The lowest BCUT2D eigenvalue weighted by atomic mass is 10.0. The summed E-state index contributed by atoms with van der Waals surface area (Å²) in [4.78, 5) is 26.3. The van der Waals surface area contributed by atoms with Crippen LogP contribution in [-0.2, 0) is 9.59 Å². The Bertz CT molecular complexity index is 478. The molecule has 4 rings (SSSR count). The van der Waals surface area contributed by atoms with Crippen molar-refractivity contribution in [1.29, 1.82) is 0 Å². The molecule has 1 aliphatic heterocycles. The van der Waals surface area contributed by atoms with Crippen LogP contribution in [0.1, 0.15) is 33.1 Å². The van der Waals surface area contributed by atoms with Crippen molar-refractivity contribution in [3.8, 4) is 0 Å². The van der Waals surface area contributed by atoms with Crippen LogP contribution in [0.15, 0.2) is 0 Å². The van der Waals surface area contributed by atoms with Gasteiger partial charge in [0.15, 0.2) is 0 Å². The minimum atomic E-state index is -0.840. The number of hydrogen-bond donors (Lipinski definition) is 1. The number of fused-ring (bicyclic) bond motifs is 5. The topological polar surface area (TPSA) is 57.6 Å². The summed E-state index contributed by atoms with van der Waals surface area (Å²) in [5, 5.41) is 9.49. The molecule has 0 radical (unpaired) electrons. The second-order valence-corrected chi connectivity index (χ2v) is 8.73. The van der Waals surface area contributed by atoms with Crippen LogP contribution < -0.4 is 0 Å². The lowest BCUT2D eigenvalue weighted by molar-refractivity contribution is -0.150. The van der Waals surface area contributed by atoms with Crippen molar-refractivity contribution in [2.24, 2.45) is 35.5 Å². The van der Waals surface area contributed by atoms with E-state index in [1.54, 1.807) is 16.7 Å². The van der Waals surface area contributed by atoms with Gasteiger partial charge in [-0.15, -0.1) is 11.8 Å². The number of carboxylic acid groups (broad SMARTS) is 1. The van der Waals surface area contributed by atoms with Crippen LogP contribution >= 0.6 is 11.8 Å². The second kappa shape index (κ2) is 4.64. The highest BCUT2D eigenvalue weighted by molar-refractivity contribution is 8.00. The Labute approximate surface area is 129 Å². The van der Waals surface area contributed by atoms with Gasteiger partial charge in [0.25, 0.3) is 0 Å². The summed E-state index contributed by atoms with van der Waals surface area (Å²) in [5.41, 5.74) is 0. The Balaban J connectivity index is 1.56. The number of rotatable bonds is 3. The molecule has 1 heterocycles. The maximum Gasteiger partial charge on any atom is 0.327 e. The first kappa shape index (κ1) is 13.9. The second-order valence-electron chi connectivity index (χ2n) is 7.58. The molecule has 6 unspecified atom stereocenters. The predicted octanol–water partition coefficient (Wildman–Crippen LogP) is 2.29. The molecule has 2 bridgehead atoms. The fraction of sp³-hybridized carbons (Fsp3) is 0.875. The molecule has 1 saturated heterocycles. The van der Waals surface area contributed by atoms with Crippen LogP contribution in [0.25, 0.3) is 0 Å². The van der Waals surface area contributed by atoms with Gasteiger partial charge in [-0.3, -0.25) is 4.79 Å². The molecule has 0 spiro atoms. The molecule has 0 aromatic rings. The van der Waals surface area contributed by atoms with Crippen molar-refractivity contribution >= 4 is 23.6 Å². The largest absolute Gasteiger partial charge is 0.480 e. The van der Waals surface area contributed by atoms with Crippen molar-refractivity contribution in [3.05, 3.63) is 0 Å². The number of hydrogen-bond acceptors (Lipinski definition) is 3. The normalized spacial score (nSPS) is 47.0. The summed E-state index contributed by atoms with van der Waals surface area (Å²) < 4.78 is 0. The summed E-state index contributed by atoms with van der Waals surface area (Å²) in [6.45, 7) is 4.17. The Kier molecular flexibility index (Phi) is 3.08. The van der Waals surface area contributed by atoms with Gasteiger partial charge in [0, 0.05) is 11.7 Å². The molecule has 3 aliphatic carbocycles. The number of carboxylic acids is 1. The van der Waals surface area contributed by atoms with E-state index in [1.165, 1.54) is 19.3 Å². The Morgan fingerprint density at radius 3 is 2.33 bits per heavy atom. The highest BCUT2D eigenvalue weighted by Gasteiger charge is 2.69. The van der Waals surface area contributed by atoms with Gasteiger partial charge < -0.3 is 10.0 Å². The maximum absolute atomic E-state index is 13.0. The van der Waals surface area contributed by atoms with Crippen molar-refractivity contribution in [2.45, 2.75) is 44.5 Å². The maximum atomic E-state index is 13.0. The van der Waals surface area contributed by atoms with Crippen molar-refractivity contribution < 1.29 is 14.7 Å². The van der Waals surface area contributed by atoms with Gasteiger partial charge in [0.2, 0.25) is 5.91 Å². The minimum absolute atomic E-state index is 0.0394. The number of nitrogens with zero attached hydrogens (tertiary/aromatic N) is 1. The quantitative estimate of drug-likeness (QED) is 0.869. The van der Waals surface area contributed by atoms with Crippen LogP contribution in [0.2, 0.25) is 0 Å². The lowest BCUT2D eigenvalue weighted by Gasteiger charge is -2.30. The Morgan fingerprint density at radius 1 is 1.19 bits per heavy atom. The van der Waals surface area contributed by atoms with Gasteiger partial charge in [-0.1, -0.05) is 13.8 Å². The molecule has 4 nitrogen and oxygen atoms in total. The Morgan fingerprint density at radius 2 is 1.81 bits per heavy atom. The predicted molar refractivity (Wildman–Crippen MR) is 80.7 cm³/mol. The number of carbonyl (C=O) groups is 2. The highest BCUT2D eigenvalue weighted by atomic mass is 32.2. The van der Waals surface area contributed by atoms with Crippen LogP contribution in [0, 0.1) is 35.5 Å². The molecule has 4 aliphatic rings. The van der Waals surface area contributed by atoms with Gasteiger partial charge in [0.05, 0.1) is 5.37 Å². The van der Waals surface area contributed by atoms with E-state index in [4.69, 9.17) is 0 Å². The summed E-state index contributed by atoms with van der Waals surface area (Å²) in [5.74, 6) is 2.99. The van der Waals surface area contributed by atoms with E-state index in [-0.39, 0.29) is 17.2 Å². The molecule has 1 N–H and O–H groups in total. The third-order valence-corrected chi connectivity index (χ3v) is 7.79. The first-order chi connectivity index (χ1) is 10.0. The number of carbonyl (C=O) groups excluding carboxylic acids is 1. The minimum Gasteiger partial charge on any atom is -0.480 e. The number of aliphatic carboxylic acids is 1. The first-order valence-electron chi connectivity index (χ1n) is 8.17. The van der Waals surface area contributed by atoms with E-state index in [1.807, 2.05) is 0 Å². The third-order valence-electron chi connectivity index (χ3n) is 6.17. The Hall–Kier alpha value is -0.710. The summed E-state index contributed by atoms with van der Waals surface area (Å²) >= 11 is 1.64. The van der Waals surface area contributed by atoms with Crippen molar-refractivity contribution in [1.82, 2.24) is 4.90 Å². The average molecular weight is 309 g/mol. The summed E-state index contributed by atoms with van der Waals surface area (Å²) in [6.07, 6.45) is 3.91. The molecule has 116 valence electrons. The molecule has 21 heavy (non-hydrogen) atoms. The molecular formula is C16H23NO3S. The van der Waals surface area contributed by atoms with E-state index in [2.05, 4.69) is 13.8 Å². The fourth-order valence-electron chi connectivity index (χ4n) is 5.34. The van der Waals surface area contributed by atoms with E-state index in [0.717, 1.165) is 11.8 Å². The molecule has 4 fully saturated rings. The zero-order valence-electron chi connectivity index (χ0n) is 12.6. The van der Waals surface area contributed by atoms with E-state index in [0.29, 0.717) is 23.5 Å². The fourth-order valence-corrected chi connectivity index (χ4v) is 6.82. The molecule has 5 heteroatoms. The first-order valence-corrected chi connectivity index (χ1v) is 9.22. The summed E-state index contributed by atoms with van der Waals surface area (Å²) in [6, 6.07) is -0.617. The lowest BCUT2D eigenvalue weighted by Crippen LogP contribution is -2.48. The summed E-state index contributed by atoms with van der Waals surface area (Å²) in [7, 11) is 0. The van der Waals surface area contributed by atoms with E-state index in [9.17, 15) is 14.7 Å². The molecule has 1 amide bonds. The molecule has 3 saturated carbocycles. The standard InChI is InChI=1S/C16H23NO3S/c1-7(2)15-17(10(6-21-15)16(19)20)14(18)13-11-8-3-4-9(5-8)12(11)13/h7-13,15H,3-6H2,1-2H3,(H,19,20). The van der Waals surface area contributed by atoms with Gasteiger partial charge in [-0.2, -0.15) is 0 Å². The molecule has 0 aromatic heterocycles. The zero-order valence-corrected chi connectivity index (χ0v) is 13.4. The number of amides is 1. The SMILES string of the molecule is CC(C)C1SCC(C(=O)O)N1C(=O)C1C2C3CCC(C3)C12. The monoisotopic (exact) mass is 309 g/mol. The van der Waals surface area contributed by atoms with Crippen LogP contribution in [0.5, 0.6) is 0 Å².